The van der Waals surface area contributed by atoms with Crippen molar-refractivity contribution in [3.8, 4) is 0 Å². The highest BCUT2D eigenvalue weighted by Crippen LogP contribution is 2.40. The lowest BCUT2D eigenvalue weighted by atomic mass is 10.1. The Kier molecular flexibility index (Phi) is 6.30. The summed E-state index contributed by atoms with van der Waals surface area (Å²) in [6.07, 6.45) is -11.9. The zero-order valence-electron chi connectivity index (χ0n) is 11.2. The van der Waals surface area contributed by atoms with Crippen LogP contribution in [0.1, 0.15) is 20.3 Å². The second-order valence-corrected chi connectivity index (χ2v) is 4.48. The maximum absolute atomic E-state index is 12.5. The van der Waals surface area contributed by atoms with E-state index >= 15 is 0 Å². The second-order valence-electron chi connectivity index (χ2n) is 4.48. The fraction of sp³-hybridized carbons (Fsp3) is 0.800. The van der Waals surface area contributed by atoms with E-state index in [9.17, 15) is 31.1 Å². The van der Waals surface area contributed by atoms with Crippen molar-refractivity contribution in [1.29, 1.82) is 0 Å². The second kappa shape index (κ2) is 6.85. The van der Waals surface area contributed by atoms with Gasteiger partial charge >= 0.3 is 12.4 Å². The number of oxime groups is 1. The highest BCUT2D eigenvalue weighted by Gasteiger charge is 2.62. The third-order valence-corrected chi connectivity index (χ3v) is 2.55. The van der Waals surface area contributed by atoms with Crippen molar-refractivity contribution < 1.29 is 36.3 Å². The molecule has 0 saturated carbocycles. The van der Waals surface area contributed by atoms with Gasteiger partial charge in [0.05, 0.1) is 0 Å². The Morgan fingerprint density at radius 3 is 1.90 bits per heavy atom. The lowest BCUT2D eigenvalue weighted by Gasteiger charge is -2.32. The summed E-state index contributed by atoms with van der Waals surface area (Å²) in [5.41, 5.74) is 5.09. The largest absolute Gasteiger partial charge is 0.409 e. The van der Waals surface area contributed by atoms with Gasteiger partial charge in [-0.1, -0.05) is 5.16 Å². The first kappa shape index (κ1) is 19.3. The maximum atomic E-state index is 12.5. The van der Waals surface area contributed by atoms with Crippen molar-refractivity contribution >= 4 is 11.7 Å². The standard InChI is InChI=1S/C10H15F6N3O2/c1-5(2)19(4-3-6(17)18-21)8(20)7(9(11,12)13)10(14,15)16/h5,7,21H,3-4H2,1-2H3,(H2,17,18). The van der Waals surface area contributed by atoms with Gasteiger partial charge in [-0.3, -0.25) is 4.79 Å². The summed E-state index contributed by atoms with van der Waals surface area (Å²) in [6, 6.07) is -0.920. The van der Waals surface area contributed by atoms with Gasteiger partial charge in [0.2, 0.25) is 11.8 Å². The van der Waals surface area contributed by atoms with Crippen LogP contribution >= 0.6 is 0 Å². The van der Waals surface area contributed by atoms with Gasteiger partial charge in [0.25, 0.3) is 0 Å². The number of amides is 1. The van der Waals surface area contributed by atoms with E-state index in [-0.39, 0.29) is 6.42 Å². The molecular formula is C10H15F6N3O2. The van der Waals surface area contributed by atoms with Crippen molar-refractivity contribution in [3.63, 3.8) is 0 Å². The molecule has 0 fully saturated rings. The number of halogens is 6. The van der Waals surface area contributed by atoms with Gasteiger partial charge in [-0.25, -0.2) is 0 Å². The van der Waals surface area contributed by atoms with Crippen molar-refractivity contribution in [1.82, 2.24) is 4.90 Å². The number of nitrogens with two attached hydrogens (primary N) is 1. The summed E-state index contributed by atoms with van der Waals surface area (Å²) in [7, 11) is 0. The molecule has 0 rings (SSSR count). The number of amidine groups is 1. The van der Waals surface area contributed by atoms with E-state index in [0.717, 1.165) is 0 Å². The van der Waals surface area contributed by atoms with Crippen molar-refractivity contribution in [2.24, 2.45) is 16.8 Å². The normalized spacial score (nSPS) is 13.9. The smallest absolute Gasteiger partial charge is 0.409 e. The van der Waals surface area contributed by atoms with Crippen molar-refractivity contribution in [2.75, 3.05) is 6.54 Å². The van der Waals surface area contributed by atoms with Crippen LogP contribution < -0.4 is 5.73 Å². The lowest BCUT2D eigenvalue weighted by molar-refractivity contribution is -0.278. The van der Waals surface area contributed by atoms with E-state index < -0.39 is 42.6 Å². The lowest BCUT2D eigenvalue weighted by Crippen LogP contribution is -2.52. The topological polar surface area (TPSA) is 78.9 Å². The van der Waals surface area contributed by atoms with E-state index in [2.05, 4.69) is 5.16 Å². The Balaban J connectivity index is 5.34. The molecule has 0 atom stereocenters. The average molecular weight is 323 g/mol. The monoisotopic (exact) mass is 323 g/mol. The van der Waals surface area contributed by atoms with Gasteiger partial charge in [-0.2, -0.15) is 26.3 Å². The van der Waals surface area contributed by atoms with E-state index in [1.165, 1.54) is 13.8 Å². The Hall–Kier alpha value is -1.68. The highest BCUT2D eigenvalue weighted by molar-refractivity contribution is 5.83. The van der Waals surface area contributed by atoms with E-state index in [1.54, 1.807) is 0 Å². The third kappa shape index (κ3) is 5.68. The molecule has 0 aliphatic carbocycles. The quantitative estimate of drug-likeness (QED) is 0.267. The molecule has 0 unspecified atom stereocenters. The molecule has 0 bridgehead atoms. The van der Waals surface area contributed by atoms with Crippen molar-refractivity contribution in [2.45, 2.75) is 38.7 Å². The Bertz CT molecular complexity index is 377. The molecule has 5 nitrogen and oxygen atoms in total. The molecule has 0 aromatic rings. The molecule has 3 N–H and O–H groups in total. The van der Waals surface area contributed by atoms with Gasteiger partial charge in [0, 0.05) is 19.0 Å². The predicted molar refractivity (Wildman–Crippen MR) is 60.5 cm³/mol. The zero-order valence-corrected chi connectivity index (χ0v) is 11.2. The molecule has 0 aliphatic rings. The summed E-state index contributed by atoms with van der Waals surface area (Å²) < 4.78 is 75.0. The summed E-state index contributed by atoms with van der Waals surface area (Å²) in [5.74, 6) is -6.63. The van der Waals surface area contributed by atoms with Crippen LogP contribution in [0.25, 0.3) is 0 Å². The van der Waals surface area contributed by atoms with Crippen LogP contribution in [0.5, 0.6) is 0 Å². The molecule has 0 saturated heterocycles. The van der Waals surface area contributed by atoms with Crippen molar-refractivity contribution in [3.05, 3.63) is 0 Å². The Labute approximate surface area is 116 Å². The fourth-order valence-electron chi connectivity index (χ4n) is 1.54. The van der Waals surface area contributed by atoms with Gasteiger partial charge in [0.15, 0.2) is 0 Å². The molecular weight excluding hydrogens is 308 g/mol. The molecule has 0 heterocycles. The molecule has 0 aliphatic heterocycles. The minimum absolute atomic E-state index is 0.358. The third-order valence-electron chi connectivity index (χ3n) is 2.55. The summed E-state index contributed by atoms with van der Waals surface area (Å²) in [5, 5.41) is 10.8. The fourth-order valence-corrected chi connectivity index (χ4v) is 1.54. The minimum Gasteiger partial charge on any atom is -0.409 e. The SMILES string of the molecule is CC(C)N(CCC(N)=NO)C(=O)C(C(F)(F)F)C(F)(F)F. The number of hydrogen-bond acceptors (Lipinski definition) is 3. The Morgan fingerprint density at radius 2 is 1.62 bits per heavy atom. The van der Waals surface area contributed by atoms with Crippen LogP contribution in [0.4, 0.5) is 26.3 Å². The van der Waals surface area contributed by atoms with Crippen LogP contribution in [-0.4, -0.2) is 46.8 Å². The molecule has 124 valence electrons. The number of carbonyl (C=O) groups excluding carboxylic acids is 1. The summed E-state index contributed by atoms with van der Waals surface area (Å²) in [6.45, 7) is 1.98. The molecule has 21 heavy (non-hydrogen) atoms. The van der Waals surface area contributed by atoms with Gasteiger partial charge in [0.1, 0.15) is 5.84 Å². The van der Waals surface area contributed by atoms with Gasteiger partial charge in [-0.15, -0.1) is 0 Å². The Morgan fingerprint density at radius 1 is 1.19 bits per heavy atom. The molecule has 0 aromatic carbocycles. The minimum atomic E-state index is -5.75. The van der Waals surface area contributed by atoms with Crippen LogP contribution in [0.15, 0.2) is 5.16 Å². The molecule has 0 aromatic heterocycles. The zero-order chi connectivity index (χ0) is 17.0. The molecule has 0 spiro atoms. The van der Waals surface area contributed by atoms with Crippen LogP contribution in [0.2, 0.25) is 0 Å². The van der Waals surface area contributed by atoms with E-state index in [4.69, 9.17) is 10.9 Å². The first-order valence-corrected chi connectivity index (χ1v) is 5.72. The first-order valence-electron chi connectivity index (χ1n) is 5.72. The number of rotatable bonds is 5. The van der Waals surface area contributed by atoms with E-state index in [1.807, 2.05) is 0 Å². The van der Waals surface area contributed by atoms with Gasteiger partial charge < -0.3 is 15.8 Å². The van der Waals surface area contributed by atoms with E-state index in [0.29, 0.717) is 4.90 Å². The predicted octanol–water partition coefficient (Wildman–Crippen LogP) is 2.10. The number of alkyl halides is 6. The van der Waals surface area contributed by atoms with Crippen LogP contribution in [0, 0.1) is 5.92 Å². The molecule has 0 radical (unpaired) electrons. The average Bonchev–Trinajstić information content (AvgIpc) is 2.24. The van der Waals surface area contributed by atoms with Gasteiger partial charge in [-0.05, 0) is 13.8 Å². The highest BCUT2D eigenvalue weighted by atomic mass is 19.4. The van der Waals surface area contributed by atoms with Crippen LogP contribution in [0.3, 0.4) is 0 Å². The maximum Gasteiger partial charge on any atom is 0.409 e. The number of carbonyl (C=O) groups is 1. The number of nitrogens with zero attached hydrogens (tertiary/aromatic N) is 2. The number of hydrogen-bond donors (Lipinski definition) is 2. The molecule has 11 heteroatoms. The van der Waals surface area contributed by atoms with Crippen LogP contribution in [-0.2, 0) is 4.79 Å². The summed E-state index contributed by atoms with van der Waals surface area (Å²) in [4.78, 5) is 12.0. The molecule has 1 amide bonds. The first-order chi connectivity index (χ1) is 9.32. The summed E-state index contributed by atoms with van der Waals surface area (Å²) >= 11 is 0.